The third kappa shape index (κ3) is 3.56. The van der Waals surface area contributed by atoms with Crippen molar-refractivity contribution in [1.29, 1.82) is 0 Å². The summed E-state index contributed by atoms with van der Waals surface area (Å²) in [6.45, 7) is 2.57. The predicted octanol–water partition coefficient (Wildman–Crippen LogP) is 2.46. The van der Waals surface area contributed by atoms with E-state index in [0.29, 0.717) is 18.3 Å². The van der Waals surface area contributed by atoms with Gasteiger partial charge in [-0.3, -0.25) is 4.79 Å². The van der Waals surface area contributed by atoms with Crippen LogP contribution >= 0.6 is 0 Å². The normalized spacial score (nSPS) is 24.7. The third-order valence-corrected chi connectivity index (χ3v) is 6.32. The number of carbonyl (C=O) groups excluding carboxylic acids is 1. The van der Waals surface area contributed by atoms with Gasteiger partial charge in [0.25, 0.3) is 0 Å². The van der Waals surface area contributed by atoms with E-state index in [2.05, 4.69) is 25.8 Å². The Balaban J connectivity index is 1.24. The van der Waals surface area contributed by atoms with E-state index in [-0.39, 0.29) is 24.0 Å². The Hall–Kier alpha value is -3.18. The fourth-order valence-electron chi connectivity index (χ4n) is 4.37. The first kappa shape index (κ1) is 20.7. The molecule has 9 nitrogen and oxygen atoms in total. The highest BCUT2D eigenvalue weighted by Crippen LogP contribution is 2.40. The molecule has 0 unspecified atom stereocenters. The van der Waals surface area contributed by atoms with Crippen molar-refractivity contribution in [3.05, 3.63) is 23.5 Å². The maximum atomic E-state index is 12.6. The van der Waals surface area contributed by atoms with Gasteiger partial charge in [0.1, 0.15) is 17.5 Å². The Morgan fingerprint density at radius 1 is 1.09 bits per heavy atom. The number of alkyl halides is 3. The van der Waals surface area contributed by atoms with Crippen molar-refractivity contribution in [2.45, 2.75) is 56.9 Å². The van der Waals surface area contributed by atoms with E-state index >= 15 is 0 Å². The SMILES string of the molecule is C[C@H]1C(=O)N2CCCc3nc(NC4CC(Nc5ccc(C(F)(F)F)nn5)C4)nc(c32)N1C. The summed E-state index contributed by atoms with van der Waals surface area (Å²) in [6.07, 6.45) is -1.34. The lowest BCUT2D eigenvalue weighted by Crippen LogP contribution is -2.53. The van der Waals surface area contributed by atoms with Crippen LogP contribution in [0.2, 0.25) is 0 Å². The van der Waals surface area contributed by atoms with Crippen LogP contribution in [0, 0.1) is 0 Å². The Bertz CT molecular complexity index is 1040. The largest absolute Gasteiger partial charge is 0.435 e. The summed E-state index contributed by atoms with van der Waals surface area (Å²) in [5.74, 6) is 1.69. The lowest BCUT2D eigenvalue weighted by Gasteiger charge is -2.42. The number of amides is 1. The number of carbonyl (C=O) groups is 1. The van der Waals surface area contributed by atoms with Crippen molar-refractivity contribution in [2.75, 3.05) is 34.0 Å². The van der Waals surface area contributed by atoms with E-state index in [0.717, 1.165) is 48.9 Å². The zero-order chi connectivity index (χ0) is 22.6. The van der Waals surface area contributed by atoms with Gasteiger partial charge in [0.05, 0.1) is 5.69 Å². The van der Waals surface area contributed by atoms with Gasteiger partial charge in [-0.2, -0.15) is 18.2 Å². The Morgan fingerprint density at radius 3 is 2.53 bits per heavy atom. The highest BCUT2D eigenvalue weighted by Gasteiger charge is 2.39. The number of nitrogens with zero attached hydrogens (tertiary/aromatic N) is 6. The Kier molecular flexibility index (Phi) is 4.82. The molecule has 2 N–H and O–H groups in total. The van der Waals surface area contributed by atoms with E-state index in [1.165, 1.54) is 6.07 Å². The molecule has 5 rings (SSSR count). The second kappa shape index (κ2) is 7.45. The zero-order valence-corrected chi connectivity index (χ0v) is 17.6. The van der Waals surface area contributed by atoms with Crippen LogP contribution in [0.3, 0.4) is 0 Å². The zero-order valence-electron chi connectivity index (χ0n) is 17.6. The van der Waals surface area contributed by atoms with E-state index in [9.17, 15) is 18.0 Å². The molecule has 0 bridgehead atoms. The van der Waals surface area contributed by atoms with Gasteiger partial charge in [-0.1, -0.05) is 0 Å². The molecule has 1 atom stereocenters. The maximum absolute atomic E-state index is 12.6. The summed E-state index contributed by atoms with van der Waals surface area (Å²) in [7, 11) is 1.87. The molecular formula is C20H23F3N8O. The molecule has 0 saturated heterocycles. The fourth-order valence-corrected chi connectivity index (χ4v) is 4.37. The Labute approximate surface area is 182 Å². The van der Waals surface area contributed by atoms with Gasteiger partial charge in [-0.15, -0.1) is 10.2 Å². The van der Waals surface area contributed by atoms with Gasteiger partial charge in [0, 0.05) is 25.7 Å². The summed E-state index contributed by atoms with van der Waals surface area (Å²) in [6, 6.07) is 2.14. The molecule has 2 aliphatic heterocycles. The molecule has 0 aromatic carbocycles. The summed E-state index contributed by atoms with van der Waals surface area (Å²) in [4.78, 5) is 25.7. The first-order valence-electron chi connectivity index (χ1n) is 10.6. The molecule has 1 amide bonds. The monoisotopic (exact) mass is 448 g/mol. The topological polar surface area (TPSA) is 99.2 Å². The van der Waals surface area contributed by atoms with Crippen LogP contribution in [0.15, 0.2) is 12.1 Å². The smallest absolute Gasteiger partial charge is 0.366 e. The van der Waals surface area contributed by atoms with Crippen molar-refractivity contribution in [3.63, 3.8) is 0 Å². The van der Waals surface area contributed by atoms with E-state index in [4.69, 9.17) is 4.98 Å². The van der Waals surface area contributed by atoms with Crippen molar-refractivity contribution < 1.29 is 18.0 Å². The minimum absolute atomic E-state index is 0.0736. The van der Waals surface area contributed by atoms with Gasteiger partial charge in [0.2, 0.25) is 11.9 Å². The van der Waals surface area contributed by atoms with Crippen LogP contribution in [-0.2, 0) is 17.4 Å². The van der Waals surface area contributed by atoms with E-state index in [1.807, 2.05) is 18.9 Å². The van der Waals surface area contributed by atoms with Gasteiger partial charge in [-0.05, 0) is 44.7 Å². The molecule has 2 aromatic heterocycles. The molecule has 1 saturated carbocycles. The number of likely N-dealkylation sites (N-methyl/N-ethyl adjacent to an activating group) is 1. The van der Waals surface area contributed by atoms with Gasteiger partial charge < -0.3 is 20.4 Å². The minimum Gasteiger partial charge on any atom is -0.366 e. The first-order chi connectivity index (χ1) is 15.2. The number of nitrogens with one attached hydrogen (secondary N) is 2. The number of halogens is 3. The maximum Gasteiger partial charge on any atom is 0.435 e. The quantitative estimate of drug-likeness (QED) is 0.736. The molecular weight excluding hydrogens is 425 g/mol. The van der Waals surface area contributed by atoms with Gasteiger partial charge in [-0.25, -0.2) is 4.98 Å². The minimum atomic E-state index is -4.50. The average Bonchev–Trinajstić information content (AvgIpc) is 2.74. The number of hydrogen-bond donors (Lipinski definition) is 2. The van der Waals surface area contributed by atoms with Crippen LogP contribution in [0.4, 0.5) is 36.4 Å². The van der Waals surface area contributed by atoms with Crippen molar-refractivity contribution in [3.8, 4) is 0 Å². The molecule has 4 heterocycles. The van der Waals surface area contributed by atoms with Gasteiger partial charge in [0.15, 0.2) is 11.5 Å². The van der Waals surface area contributed by atoms with Crippen LogP contribution in [-0.4, -0.2) is 57.8 Å². The molecule has 170 valence electrons. The van der Waals surface area contributed by atoms with Crippen LogP contribution in [0.25, 0.3) is 0 Å². The predicted molar refractivity (Wildman–Crippen MR) is 112 cm³/mol. The molecule has 3 aliphatic rings. The highest BCUT2D eigenvalue weighted by atomic mass is 19.4. The number of hydrogen-bond acceptors (Lipinski definition) is 8. The second-order valence-corrected chi connectivity index (χ2v) is 8.50. The number of aryl methyl sites for hydroxylation is 1. The Morgan fingerprint density at radius 2 is 1.84 bits per heavy atom. The fraction of sp³-hybridized carbons (Fsp3) is 0.550. The molecule has 12 heteroatoms. The van der Waals surface area contributed by atoms with E-state index < -0.39 is 11.9 Å². The summed E-state index contributed by atoms with van der Waals surface area (Å²) >= 11 is 0. The van der Waals surface area contributed by atoms with Crippen molar-refractivity contribution in [1.82, 2.24) is 20.2 Å². The molecule has 1 fully saturated rings. The molecule has 0 spiro atoms. The van der Waals surface area contributed by atoms with Crippen LogP contribution < -0.4 is 20.4 Å². The molecule has 1 aliphatic carbocycles. The molecule has 32 heavy (non-hydrogen) atoms. The summed E-state index contributed by atoms with van der Waals surface area (Å²) < 4.78 is 37.8. The van der Waals surface area contributed by atoms with E-state index in [1.54, 1.807) is 4.90 Å². The molecule has 0 radical (unpaired) electrons. The lowest BCUT2D eigenvalue weighted by molar-refractivity contribution is -0.141. The highest BCUT2D eigenvalue weighted by molar-refractivity contribution is 6.05. The third-order valence-electron chi connectivity index (χ3n) is 6.32. The number of anilines is 4. The lowest BCUT2D eigenvalue weighted by atomic mass is 9.87. The molecule has 2 aromatic rings. The van der Waals surface area contributed by atoms with Crippen LogP contribution in [0.1, 0.15) is 37.6 Å². The standard InChI is InChI=1S/C20H23F3N8O/c1-10-18(32)31-7-3-4-13-16(31)17(30(10)2)27-19(26-13)25-12-8-11(9-12)24-15-6-5-14(28-29-15)20(21,22)23/h5-6,10-12H,3-4,7-9H2,1-2H3,(H,24,29)(H,25,26,27)/t10-,11?,12?/m0/s1. The summed E-state index contributed by atoms with van der Waals surface area (Å²) in [5, 5.41) is 13.3. The van der Waals surface area contributed by atoms with Crippen molar-refractivity contribution in [2.24, 2.45) is 0 Å². The number of rotatable bonds is 4. The first-order valence-corrected chi connectivity index (χ1v) is 10.6. The average molecular weight is 448 g/mol. The van der Waals surface area contributed by atoms with Crippen molar-refractivity contribution >= 4 is 29.2 Å². The second-order valence-electron chi connectivity index (χ2n) is 8.50. The van der Waals surface area contributed by atoms with Gasteiger partial charge >= 0.3 is 6.18 Å². The summed E-state index contributed by atoms with van der Waals surface area (Å²) in [5.41, 5.74) is 0.690. The number of aromatic nitrogens is 4. The van der Waals surface area contributed by atoms with Crippen LogP contribution in [0.5, 0.6) is 0 Å².